The second-order valence-electron chi connectivity index (χ2n) is 5.45. The molecular formula is C16H14Cl2N2O3S. The zero-order valence-corrected chi connectivity index (χ0v) is 15.0. The van der Waals surface area contributed by atoms with Gasteiger partial charge >= 0.3 is 6.03 Å². The van der Waals surface area contributed by atoms with Crippen molar-refractivity contribution in [1.29, 1.82) is 0 Å². The molecule has 1 atom stereocenters. The number of amides is 3. The van der Waals surface area contributed by atoms with E-state index in [4.69, 9.17) is 27.9 Å². The average molecular weight is 385 g/mol. The van der Waals surface area contributed by atoms with Crippen molar-refractivity contribution in [3.63, 3.8) is 0 Å². The number of hydrogen-bond acceptors (Lipinski definition) is 4. The molecule has 2 aromatic rings. The molecule has 3 amide bonds. The van der Waals surface area contributed by atoms with Gasteiger partial charge in [0.15, 0.2) is 0 Å². The second-order valence-corrected chi connectivity index (χ2v) is 7.07. The number of carbonyl (C=O) groups excluding carboxylic acids is 2. The van der Waals surface area contributed by atoms with Gasteiger partial charge in [-0.25, -0.2) is 4.79 Å². The number of imide groups is 1. The summed E-state index contributed by atoms with van der Waals surface area (Å²) in [6.07, 6.45) is 0. The Balaban J connectivity index is 1.65. The van der Waals surface area contributed by atoms with Gasteiger partial charge in [0.1, 0.15) is 17.9 Å². The van der Waals surface area contributed by atoms with Crippen molar-refractivity contribution < 1.29 is 14.3 Å². The minimum Gasteiger partial charge on any atom is -0.490 e. The predicted octanol–water partition coefficient (Wildman–Crippen LogP) is 3.90. The van der Waals surface area contributed by atoms with Gasteiger partial charge in [-0.2, -0.15) is 11.3 Å². The molecule has 5 nitrogen and oxygen atoms in total. The third kappa shape index (κ3) is 3.09. The molecule has 8 heteroatoms. The summed E-state index contributed by atoms with van der Waals surface area (Å²) < 4.78 is 5.55. The molecule has 1 fully saturated rings. The Morgan fingerprint density at radius 1 is 1.29 bits per heavy atom. The fourth-order valence-electron chi connectivity index (χ4n) is 2.48. The predicted molar refractivity (Wildman–Crippen MR) is 93.9 cm³/mol. The molecule has 1 aliphatic heterocycles. The SMILES string of the molecule is C[C@]1(c2ccsc2)NC(=O)N(CCOc2ccc(Cl)cc2Cl)C1=O. The summed E-state index contributed by atoms with van der Waals surface area (Å²) in [5.41, 5.74) is -0.260. The summed E-state index contributed by atoms with van der Waals surface area (Å²) >= 11 is 13.3. The van der Waals surface area contributed by atoms with Crippen LogP contribution in [-0.2, 0) is 10.3 Å². The Morgan fingerprint density at radius 2 is 2.08 bits per heavy atom. The molecule has 1 aromatic carbocycles. The lowest BCUT2D eigenvalue weighted by molar-refractivity contribution is -0.131. The second kappa shape index (κ2) is 6.63. The van der Waals surface area contributed by atoms with Gasteiger partial charge in [0.25, 0.3) is 5.91 Å². The molecule has 1 aromatic heterocycles. The Bertz CT molecular complexity index is 782. The largest absolute Gasteiger partial charge is 0.490 e. The Morgan fingerprint density at radius 3 is 2.75 bits per heavy atom. The molecule has 24 heavy (non-hydrogen) atoms. The topological polar surface area (TPSA) is 58.6 Å². The first kappa shape index (κ1) is 17.1. The normalized spacial score (nSPS) is 20.4. The molecule has 0 radical (unpaired) electrons. The third-order valence-electron chi connectivity index (χ3n) is 3.84. The van der Waals surface area contributed by atoms with Crippen LogP contribution in [0.2, 0.25) is 10.0 Å². The van der Waals surface area contributed by atoms with E-state index < -0.39 is 11.6 Å². The average Bonchev–Trinajstić information content (AvgIpc) is 3.13. The number of thiophene rings is 1. The van der Waals surface area contributed by atoms with Crippen LogP contribution in [0.25, 0.3) is 0 Å². The zero-order valence-electron chi connectivity index (χ0n) is 12.7. The fourth-order valence-corrected chi connectivity index (χ4v) is 3.71. The van der Waals surface area contributed by atoms with Crippen molar-refractivity contribution in [3.05, 3.63) is 50.6 Å². The maximum atomic E-state index is 12.6. The van der Waals surface area contributed by atoms with Gasteiger partial charge in [-0.05, 0) is 47.5 Å². The van der Waals surface area contributed by atoms with Gasteiger partial charge in [0.2, 0.25) is 0 Å². The number of rotatable bonds is 5. The van der Waals surface area contributed by atoms with Crippen LogP contribution in [0.4, 0.5) is 4.79 Å². The summed E-state index contributed by atoms with van der Waals surface area (Å²) in [7, 11) is 0. The summed E-state index contributed by atoms with van der Waals surface area (Å²) in [6.45, 7) is 1.97. The first-order valence-electron chi connectivity index (χ1n) is 7.16. The van der Waals surface area contributed by atoms with Gasteiger partial charge in [0, 0.05) is 5.02 Å². The Labute approximate surface area is 153 Å². The highest BCUT2D eigenvalue weighted by Crippen LogP contribution is 2.30. The molecule has 126 valence electrons. The quantitative estimate of drug-likeness (QED) is 0.795. The van der Waals surface area contributed by atoms with E-state index in [0.29, 0.717) is 15.8 Å². The van der Waals surface area contributed by atoms with E-state index in [0.717, 1.165) is 10.5 Å². The number of nitrogens with one attached hydrogen (secondary N) is 1. The standard InChI is InChI=1S/C16H14Cl2N2O3S/c1-16(10-4-7-24-9-10)14(21)20(15(22)19-16)5-6-23-13-3-2-11(17)8-12(13)18/h2-4,7-9H,5-6H2,1H3,(H,19,22)/t16-/m1/s1. The highest BCUT2D eigenvalue weighted by Gasteiger charge is 2.48. The highest BCUT2D eigenvalue weighted by atomic mass is 35.5. The maximum absolute atomic E-state index is 12.6. The lowest BCUT2D eigenvalue weighted by Crippen LogP contribution is -2.41. The number of nitrogens with zero attached hydrogens (tertiary/aromatic N) is 1. The van der Waals surface area contributed by atoms with Gasteiger partial charge in [-0.15, -0.1) is 0 Å². The van der Waals surface area contributed by atoms with Crippen LogP contribution >= 0.6 is 34.5 Å². The van der Waals surface area contributed by atoms with Gasteiger partial charge in [-0.1, -0.05) is 23.2 Å². The lowest BCUT2D eigenvalue weighted by Gasteiger charge is -2.20. The fraction of sp³-hybridized carbons (Fsp3) is 0.250. The number of benzene rings is 1. The number of halogens is 2. The van der Waals surface area contributed by atoms with Gasteiger partial charge in [0.05, 0.1) is 11.6 Å². The molecule has 0 bridgehead atoms. The van der Waals surface area contributed by atoms with Crippen molar-refractivity contribution in [3.8, 4) is 5.75 Å². The third-order valence-corrected chi connectivity index (χ3v) is 5.05. The summed E-state index contributed by atoms with van der Waals surface area (Å²) in [5.74, 6) is 0.158. The molecular weight excluding hydrogens is 371 g/mol. The van der Waals surface area contributed by atoms with Crippen LogP contribution in [0.3, 0.4) is 0 Å². The molecule has 0 unspecified atom stereocenters. The number of carbonyl (C=O) groups is 2. The Hall–Kier alpha value is -1.76. The van der Waals surface area contributed by atoms with Crippen molar-refractivity contribution in [2.75, 3.05) is 13.2 Å². The van der Waals surface area contributed by atoms with Crippen LogP contribution in [0.1, 0.15) is 12.5 Å². The zero-order chi connectivity index (χ0) is 17.3. The summed E-state index contributed by atoms with van der Waals surface area (Å²) in [5, 5.41) is 7.35. The molecule has 1 N–H and O–H groups in total. The van der Waals surface area contributed by atoms with E-state index in [1.165, 1.54) is 11.3 Å². The van der Waals surface area contributed by atoms with E-state index >= 15 is 0 Å². The van der Waals surface area contributed by atoms with Gasteiger partial charge in [-0.3, -0.25) is 9.69 Å². The van der Waals surface area contributed by atoms with Crippen molar-refractivity contribution in [2.45, 2.75) is 12.5 Å². The van der Waals surface area contributed by atoms with Crippen molar-refractivity contribution in [1.82, 2.24) is 10.2 Å². The van der Waals surface area contributed by atoms with E-state index in [1.807, 2.05) is 16.8 Å². The molecule has 1 aliphatic rings. The molecule has 1 saturated heterocycles. The maximum Gasteiger partial charge on any atom is 0.325 e. The summed E-state index contributed by atoms with van der Waals surface area (Å²) in [4.78, 5) is 25.9. The minimum absolute atomic E-state index is 0.128. The molecule has 2 heterocycles. The smallest absolute Gasteiger partial charge is 0.325 e. The van der Waals surface area contributed by atoms with Crippen molar-refractivity contribution >= 4 is 46.5 Å². The number of hydrogen-bond donors (Lipinski definition) is 1. The van der Waals surface area contributed by atoms with Crippen LogP contribution in [0.15, 0.2) is 35.0 Å². The van der Waals surface area contributed by atoms with E-state index in [1.54, 1.807) is 25.1 Å². The van der Waals surface area contributed by atoms with Crippen LogP contribution in [-0.4, -0.2) is 30.0 Å². The first-order chi connectivity index (χ1) is 11.4. The lowest BCUT2D eigenvalue weighted by atomic mass is 9.95. The highest BCUT2D eigenvalue weighted by molar-refractivity contribution is 7.08. The van der Waals surface area contributed by atoms with Crippen LogP contribution in [0, 0.1) is 0 Å². The summed E-state index contributed by atoms with van der Waals surface area (Å²) in [6, 6.07) is 6.27. The molecule has 0 saturated carbocycles. The van der Waals surface area contributed by atoms with E-state index in [2.05, 4.69) is 5.32 Å². The van der Waals surface area contributed by atoms with E-state index in [9.17, 15) is 9.59 Å². The minimum atomic E-state index is -1.03. The molecule has 3 rings (SSSR count). The van der Waals surface area contributed by atoms with Crippen LogP contribution in [0.5, 0.6) is 5.75 Å². The van der Waals surface area contributed by atoms with Crippen LogP contribution < -0.4 is 10.1 Å². The monoisotopic (exact) mass is 384 g/mol. The number of urea groups is 1. The van der Waals surface area contributed by atoms with Crippen molar-refractivity contribution in [2.24, 2.45) is 0 Å². The first-order valence-corrected chi connectivity index (χ1v) is 8.86. The molecule has 0 spiro atoms. The van der Waals surface area contributed by atoms with Gasteiger partial charge < -0.3 is 10.1 Å². The Kier molecular flexibility index (Phi) is 4.71. The number of ether oxygens (including phenoxy) is 1. The molecule has 0 aliphatic carbocycles. The van der Waals surface area contributed by atoms with E-state index in [-0.39, 0.29) is 19.1 Å².